The predicted molar refractivity (Wildman–Crippen MR) is 71.6 cm³/mol. The lowest BCUT2D eigenvalue weighted by Gasteiger charge is -2.25. The zero-order chi connectivity index (χ0) is 13.8. The number of halogens is 1. The summed E-state index contributed by atoms with van der Waals surface area (Å²) < 4.78 is 13.1. The van der Waals surface area contributed by atoms with Gasteiger partial charge in [0.05, 0.1) is 0 Å². The zero-order valence-corrected chi connectivity index (χ0v) is 11.7. The van der Waals surface area contributed by atoms with Crippen molar-refractivity contribution < 1.29 is 9.18 Å². The minimum absolute atomic E-state index is 0.0214. The summed E-state index contributed by atoms with van der Waals surface area (Å²) in [7, 11) is 0. The maximum atomic E-state index is 13.1. The molecule has 100 valence electrons. The second-order valence-electron chi connectivity index (χ2n) is 5.78. The molecule has 1 aromatic rings. The molecule has 0 N–H and O–H groups in total. The molecule has 0 atom stereocenters. The lowest BCUT2D eigenvalue weighted by atomic mass is 9.91. The van der Waals surface area contributed by atoms with E-state index in [1.54, 1.807) is 11.0 Å². The van der Waals surface area contributed by atoms with Crippen molar-refractivity contribution in [1.82, 2.24) is 4.90 Å². The minimum Gasteiger partial charge on any atom is -0.339 e. The van der Waals surface area contributed by atoms with Crippen LogP contribution < -0.4 is 0 Å². The van der Waals surface area contributed by atoms with E-state index in [4.69, 9.17) is 0 Å². The van der Waals surface area contributed by atoms with Crippen molar-refractivity contribution >= 4 is 5.91 Å². The molecule has 2 nitrogen and oxygen atoms in total. The van der Waals surface area contributed by atoms with Gasteiger partial charge in [-0.25, -0.2) is 4.39 Å². The van der Waals surface area contributed by atoms with Gasteiger partial charge in [-0.2, -0.15) is 0 Å². The minimum atomic E-state index is -0.258. The van der Waals surface area contributed by atoms with Crippen molar-refractivity contribution in [2.75, 3.05) is 6.54 Å². The Labute approximate surface area is 109 Å². The average Bonchev–Trinajstić information content (AvgIpc) is 2.23. The first-order valence-corrected chi connectivity index (χ1v) is 6.34. The van der Waals surface area contributed by atoms with Crippen molar-refractivity contribution in [3.8, 4) is 0 Å². The number of amides is 1. The number of carbonyl (C=O) groups is 1. The molecule has 0 unspecified atom stereocenters. The fourth-order valence-electron chi connectivity index (χ4n) is 1.80. The summed E-state index contributed by atoms with van der Waals surface area (Å²) in [5, 5.41) is 0. The lowest BCUT2D eigenvalue weighted by molar-refractivity contribution is -0.133. The number of benzene rings is 1. The van der Waals surface area contributed by atoms with Crippen LogP contribution in [0.4, 0.5) is 4.39 Å². The molecule has 0 aliphatic carbocycles. The van der Waals surface area contributed by atoms with Crippen molar-refractivity contribution in [3.63, 3.8) is 0 Å². The van der Waals surface area contributed by atoms with Gasteiger partial charge in [0.1, 0.15) is 5.82 Å². The van der Waals surface area contributed by atoms with Crippen LogP contribution in [0.5, 0.6) is 0 Å². The molecule has 1 amide bonds. The van der Waals surface area contributed by atoms with E-state index in [2.05, 4.69) is 0 Å². The molecular weight excluding hydrogens is 229 g/mol. The van der Waals surface area contributed by atoms with Crippen LogP contribution in [-0.4, -0.2) is 17.4 Å². The molecule has 1 aromatic carbocycles. The van der Waals surface area contributed by atoms with Crippen LogP contribution in [-0.2, 0) is 11.3 Å². The third-order valence-corrected chi connectivity index (χ3v) is 2.68. The van der Waals surface area contributed by atoms with Crippen LogP contribution in [0.3, 0.4) is 0 Å². The number of hydrogen-bond donors (Lipinski definition) is 0. The van der Waals surface area contributed by atoms with E-state index in [9.17, 15) is 9.18 Å². The smallest absolute Gasteiger partial charge is 0.223 e. The normalized spacial score (nSPS) is 11.4. The van der Waals surface area contributed by atoms with Crippen LogP contribution in [0, 0.1) is 11.2 Å². The molecule has 0 aliphatic heterocycles. The van der Waals surface area contributed by atoms with E-state index in [1.807, 2.05) is 33.8 Å². The highest BCUT2D eigenvalue weighted by atomic mass is 19.1. The zero-order valence-electron chi connectivity index (χ0n) is 11.7. The summed E-state index contributed by atoms with van der Waals surface area (Å²) in [5.74, 6) is -0.138. The largest absolute Gasteiger partial charge is 0.339 e. The topological polar surface area (TPSA) is 20.3 Å². The highest BCUT2D eigenvalue weighted by Crippen LogP contribution is 2.20. The monoisotopic (exact) mass is 251 g/mol. The molecule has 3 heteroatoms. The van der Waals surface area contributed by atoms with Gasteiger partial charge in [-0.1, -0.05) is 32.9 Å². The van der Waals surface area contributed by atoms with E-state index in [1.165, 1.54) is 12.1 Å². The maximum absolute atomic E-state index is 13.1. The number of rotatable bonds is 4. The Balaban J connectivity index is 2.70. The molecular formula is C15H22FNO. The highest BCUT2D eigenvalue weighted by Gasteiger charge is 2.20. The van der Waals surface area contributed by atoms with Gasteiger partial charge in [-0.15, -0.1) is 0 Å². The lowest BCUT2D eigenvalue weighted by Crippen LogP contribution is -2.33. The third-order valence-electron chi connectivity index (χ3n) is 2.68. The summed E-state index contributed by atoms with van der Waals surface area (Å²) in [5.41, 5.74) is 0.811. The van der Waals surface area contributed by atoms with Crippen LogP contribution in [0.15, 0.2) is 24.3 Å². The first kappa shape index (κ1) is 14.7. The first-order chi connectivity index (χ1) is 8.31. The summed E-state index contributed by atoms with van der Waals surface area (Å²) in [6, 6.07) is 6.41. The van der Waals surface area contributed by atoms with Crippen LogP contribution in [0.1, 0.15) is 39.7 Å². The van der Waals surface area contributed by atoms with Gasteiger partial charge in [0.2, 0.25) is 5.91 Å². The molecule has 1 rings (SSSR count). The van der Waals surface area contributed by atoms with Gasteiger partial charge < -0.3 is 4.90 Å². The van der Waals surface area contributed by atoms with E-state index in [-0.39, 0.29) is 17.1 Å². The van der Waals surface area contributed by atoms with Gasteiger partial charge in [-0.3, -0.25) is 4.79 Å². The van der Waals surface area contributed by atoms with Crippen molar-refractivity contribution in [1.29, 1.82) is 0 Å². The van der Waals surface area contributed by atoms with Gasteiger partial charge in [0, 0.05) is 19.5 Å². The third kappa shape index (κ3) is 4.86. The van der Waals surface area contributed by atoms with Gasteiger partial charge >= 0.3 is 0 Å². The Kier molecular flexibility index (Phi) is 4.88. The molecule has 18 heavy (non-hydrogen) atoms. The SMILES string of the molecule is CCN(Cc1cccc(F)c1)C(=O)CC(C)(C)C. The second-order valence-corrected chi connectivity index (χ2v) is 5.78. The Morgan fingerprint density at radius 3 is 2.50 bits per heavy atom. The molecule has 0 aliphatic rings. The average molecular weight is 251 g/mol. The molecule has 0 saturated carbocycles. The van der Waals surface area contributed by atoms with Gasteiger partial charge in [0.15, 0.2) is 0 Å². The van der Waals surface area contributed by atoms with Gasteiger partial charge in [0.25, 0.3) is 0 Å². The molecule has 0 bridgehead atoms. The second kappa shape index (κ2) is 5.98. The molecule has 0 aromatic heterocycles. The molecule has 0 fully saturated rings. The fraction of sp³-hybridized carbons (Fsp3) is 0.533. The maximum Gasteiger partial charge on any atom is 0.223 e. The van der Waals surface area contributed by atoms with Crippen molar-refractivity contribution in [3.05, 3.63) is 35.6 Å². The number of carbonyl (C=O) groups excluding carboxylic acids is 1. The van der Waals surface area contributed by atoms with Crippen LogP contribution in [0.25, 0.3) is 0 Å². The summed E-state index contributed by atoms with van der Waals surface area (Å²) in [4.78, 5) is 13.9. The van der Waals surface area contributed by atoms with E-state index in [0.717, 1.165) is 5.56 Å². The Morgan fingerprint density at radius 1 is 1.33 bits per heavy atom. The summed E-state index contributed by atoms with van der Waals surface area (Å²) >= 11 is 0. The number of hydrogen-bond acceptors (Lipinski definition) is 1. The molecule has 0 radical (unpaired) electrons. The molecule has 0 spiro atoms. The Bertz CT molecular complexity index is 409. The van der Waals surface area contributed by atoms with Crippen molar-refractivity contribution in [2.24, 2.45) is 5.41 Å². The highest BCUT2D eigenvalue weighted by molar-refractivity contribution is 5.76. The Morgan fingerprint density at radius 2 is 2.00 bits per heavy atom. The summed E-state index contributed by atoms with van der Waals surface area (Å²) in [6.45, 7) is 9.19. The van der Waals surface area contributed by atoms with E-state index >= 15 is 0 Å². The van der Waals surface area contributed by atoms with Crippen LogP contribution in [0.2, 0.25) is 0 Å². The molecule has 0 saturated heterocycles. The standard InChI is InChI=1S/C15H22FNO/c1-5-17(14(18)10-15(2,3)4)11-12-7-6-8-13(16)9-12/h6-9H,5,10-11H2,1-4H3. The molecule has 0 heterocycles. The van der Waals surface area contributed by atoms with Gasteiger partial charge in [-0.05, 0) is 30.0 Å². The fourth-order valence-corrected chi connectivity index (χ4v) is 1.80. The van der Waals surface area contributed by atoms with E-state index in [0.29, 0.717) is 19.5 Å². The predicted octanol–water partition coefficient (Wildman–Crippen LogP) is 3.61. The van der Waals surface area contributed by atoms with Crippen molar-refractivity contribution in [2.45, 2.75) is 40.7 Å². The van der Waals surface area contributed by atoms with E-state index < -0.39 is 0 Å². The Hall–Kier alpha value is -1.38. The first-order valence-electron chi connectivity index (χ1n) is 6.34. The summed E-state index contributed by atoms with van der Waals surface area (Å²) in [6.07, 6.45) is 0.510. The number of nitrogens with zero attached hydrogens (tertiary/aromatic N) is 1. The quantitative estimate of drug-likeness (QED) is 0.800. The van der Waals surface area contributed by atoms with Crippen LogP contribution >= 0.6 is 0 Å².